The molecule has 0 fully saturated rings. The van der Waals surface area contributed by atoms with Crippen LogP contribution in [0.3, 0.4) is 0 Å². The van der Waals surface area contributed by atoms with Crippen molar-refractivity contribution >= 4 is 5.97 Å². The number of ether oxygens (including phenoxy) is 1. The SMILES string of the molecule is COc1ccc(CN(C)Cc2cc(C(=O)O)co2)cc1F. The fourth-order valence-corrected chi connectivity index (χ4v) is 2.02. The lowest BCUT2D eigenvalue weighted by Crippen LogP contribution is -2.17. The second-order valence-electron chi connectivity index (χ2n) is 4.75. The molecule has 0 aliphatic heterocycles. The fourth-order valence-electron chi connectivity index (χ4n) is 2.02. The van der Waals surface area contributed by atoms with Crippen LogP contribution in [0.4, 0.5) is 4.39 Å². The Morgan fingerprint density at radius 3 is 2.71 bits per heavy atom. The van der Waals surface area contributed by atoms with Crippen molar-refractivity contribution in [3.05, 3.63) is 53.2 Å². The number of hydrogen-bond donors (Lipinski definition) is 1. The molecule has 0 amide bonds. The van der Waals surface area contributed by atoms with Crippen molar-refractivity contribution in [1.29, 1.82) is 0 Å². The van der Waals surface area contributed by atoms with Gasteiger partial charge in [0.25, 0.3) is 0 Å². The Morgan fingerprint density at radius 1 is 1.38 bits per heavy atom. The van der Waals surface area contributed by atoms with Gasteiger partial charge in [0.15, 0.2) is 11.6 Å². The van der Waals surface area contributed by atoms with E-state index in [2.05, 4.69) is 0 Å². The first kappa shape index (κ1) is 15.1. The lowest BCUT2D eigenvalue weighted by molar-refractivity contribution is 0.0696. The van der Waals surface area contributed by atoms with E-state index in [9.17, 15) is 9.18 Å². The van der Waals surface area contributed by atoms with E-state index in [0.29, 0.717) is 18.8 Å². The van der Waals surface area contributed by atoms with E-state index in [4.69, 9.17) is 14.3 Å². The summed E-state index contributed by atoms with van der Waals surface area (Å²) < 4.78 is 23.6. The van der Waals surface area contributed by atoms with Crippen molar-refractivity contribution in [3.63, 3.8) is 0 Å². The molecule has 1 aromatic heterocycles. The summed E-state index contributed by atoms with van der Waals surface area (Å²) in [6.07, 6.45) is 1.21. The van der Waals surface area contributed by atoms with Crippen molar-refractivity contribution in [3.8, 4) is 5.75 Å². The molecule has 0 aliphatic carbocycles. The first-order valence-corrected chi connectivity index (χ1v) is 6.31. The van der Waals surface area contributed by atoms with Gasteiger partial charge in [-0.1, -0.05) is 6.07 Å². The lowest BCUT2D eigenvalue weighted by Gasteiger charge is -2.15. The van der Waals surface area contributed by atoms with E-state index in [-0.39, 0.29) is 11.3 Å². The molecule has 6 heteroatoms. The number of benzene rings is 1. The maximum atomic E-state index is 13.6. The summed E-state index contributed by atoms with van der Waals surface area (Å²) in [5.41, 5.74) is 0.912. The number of carboxylic acids is 1. The molecule has 0 saturated heterocycles. The normalized spacial score (nSPS) is 10.9. The van der Waals surface area contributed by atoms with Gasteiger partial charge in [-0.3, -0.25) is 4.90 Å². The van der Waals surface area contributed by atoms with E-state index >= 15 is 0 Å². The van der Waals surface area contributed by atoms with Crippen LogP contribution in [0.15, 0.2) is 34.9 Å². The second-order valence-corrected chi connectivity index (χ2v) is 4.75. The maximum absolute atomic E-state index is 13.6. The molecular weight excluding hydrogens is 277 g/mol. The first-order valence-electron chi connectivity index (χ1n) is 6.31. The third-order valence-corrected chi connectivity index (χ3v) is 3.00. The van der Waals surface area contributed by atoms with Crippen LogP contribution in [-0.2, 0) is 13.1 Å². The highest BCUT2D eigenvalue weighted by molar-refractivity contribution is 5.87. The Kier molecular flexibility index (Phi) is 4.59. The van der Waals surface area contributed by atoms with Crippen molar-refractivity contribution in [2.45, 2.75) is 13.1 Å². The summed E-state index contributed by atoms with van der Waals surface area (Å²) in [6.45, 7) is 0.935. The molecule has 2 rings (SSSR count). The topological polar surface area (TPSA) is 62.9 Å². The largest absolute Gasteiger partial charge is 0.494 e. The summed E-state index contributed by atoms with van der Waals surface area (Å²) in [4.78, 5) is 12.7. The second kappa shape index (κ2) is 6.41. The zero-order chi connectivity index (χ0) is 15.4. The number of methoxy groups -OCH3 is 1. The van der Waals surface area contributed by atoms with Gasteiger partial charge in [0.1, 0.15) is 12.0 Å². The molecule has 0 bridgehead atoms. The zero-order valence-corrected chi connectivity index (χ0v) is 11.8. The lowest BCUT2D eigenvalue weighted by atomic mass is 10.2. The predicted molar refractivity (Wildman–Crippen MR) is 73.8 cm³/mol. The van der Waals surface area contributed by atoms with Crippen LogP contribution in [0.2, 0.25) is 0 Å². The van der Waals surface area contributed by atoms with Gasteiger partial charge in [-0.25, -0.2) is 9.18 Å². The van der Waals surface area contributed by atoms with Gasteiger partial charge in [-0.15, -0.1) is 0 Å². The standard InChI is InChI=1S/C15H16FNO4/c1-17(8-12-6-11(9-21-12)15(18)19)7-10-3-4-14(20-2)13(16)5-10/h3-6,9H,7-8H2,1-2H3,(H,18,19). The average Bonchev–Trinajstić information content (AvgIpc) is 2.87. The molecule has 1 N–H and O–H groups in total. The Balaban J connectivity index is 1.99. The summed E-state index contributed by atoms with van der Waals surface area (Å²) in [7, 11) is 3.26. The molecule has 0 saturated carbocycles. The number of nitrogens with zero attached hydrogens (tertiary/aromatic N) is 1. The first-order chi connectivity index (χ1) is 9.99. The zero-order valence-electron chi connectivity index (χ0n) is 11.8. The van der Waals surface area contributed by atoms with Crippen LogP contribution < -0.4 is 4.74 Å². The van der Waals surface area contributed by atoms with E-state index in [0.717, 1.165) is 5.56 Å². The molecule has 0 radical (unpaired) electrons. The fraction of sp³-hybridized carbons (Fsp3) is 0.267. The van der Waals surface area contributed by atoms with Crippen molar-refractivity contribution in [2.24, 2.45) is 0 Å². The van der Waals surface area contributed by atoms with E-state index in [1.54, 1.807) is 12.1 Å². The van der Waals surface area contributed by atoms with Gasteiger partial charge in [0.05, 0.1) is 19.2 Å². The highest BCUT2D eigenvalue weighted by Crippen LogP contribution is 2.19. The Bertz CT molecular complexity index is 638. The van der Waals surface area contributed by atoms with Crippen LogP contribution in [-0.4, -0.2) is 30.1 Å². The number of aromatic carboxylic acids is 1. The quantitative estimate of drug-likeness (QED) is 0.887. The number of furan rings is 1. The highest BCUT2D eigenvalue weighted by Gasteiger charge is 2.11. The summed E-state index contributed by atoms with van der Waals surface area (Å²) in [5.74, 6) is -0.679. The Labute approximate surface area is 121 Å². The third kappa shape index (κ3) is 3.82. The third-order valence-electron chi connectivity index (χ3n) is 3.00. The van der Waals surface area contributed by atoms with Gasteiger partial charge in [0.2, 0.25) is 0 Å². The van der Waals surface area contributed by atoms with Gasteiger partial charge < -0.3 is 14.3 Å². The smallest absolute Gasteiger partial charge is 0.338 e. The van der Waals surface area contributed by atoms with Crippen molar-refractivity contribution < 1.29 is 23.4 Å². The minimum Gasteiger partial charge on any atom is -0.494 e. The monoisotopic (exact) mass is 293 g/mol. The summed E-state index contributed by atoms with van der Waals surface area (Å²) >= 11 is 0. The molecule has 21 heavy (non-hydrogen) atoms. The molecule has 112 valence electrons. The summed E-state index contributed by atoms with van der Waals surface area (Å²) in [5, 5.41) is 8.82. The molecule has 1 aromatic carbocycles. The summed E-state index contributed by atoms with van der Waals surface area (Å²) in [6, 6.07) is 6.25. The number of rotatable bonds is 6. The highest BCUT2D eigenvalue weighted by atomic mass is 19.1. The van der Waals surface area contributed by atoms with Crippen LogP contribution in [0.1, 0.15) is 21.7 Å². The van der Waals surface area contributed by atoms with E-state index < -0.39 is 11.8 Å². The average molecular weight is 293 g/mol. The number of carbonyl (C=O) groups is 1. The number of halogens is 1. The molecule has 0 aliphatic rings. The van der Waals surface area contributed by atoms with Crippen LogP contribution >= 0.6 is 0 Å². The molecule has 0 spiro atoms. The van der Waals surface area contributed by atoms with Crippen LogP contribution in [0.5, 0.6) is 5.75 Å². The predicted octanol–water partition coefficient (Wildman–Crippen LogP) is 2.76. The molecular formula is C15H16FNO4. The molecule has 1 heterocycles. The van der Waals surface area contributed by atoms with E-state index in [1.807, 2.05) is 11.9 Å². The van der Waals surface area contributed by atoms with Crippen molar-refractivity contribution in [2.75, 3.05) is 14.2 Å². The van der Waals surface area contributed by atoms with Gasteiger partial charge in [-0.05, 0) is 30.8 Å². The Morgan fingerprint density at radius 2 is 2.14 bits per heavy atom. The molecule has 0 atom stereocenters. The van der Waals surface area contributed by atoms with Gasteiger partial charge >= 0.3 is 5.97 Å². The van der Waals surface area contributed by atoms with Crippen LogP contribution in [0, 0.1) is 5.82 Å². The molecule has 0 unspecified atom stereocenters. The van der Waals surface area contributed by atoms with Gasteiger partial charge in [-0.2, -0.15) is 0 Å². The van der Waals surface area contributed by atoms with E-state index in [1.165, 1.54) is 25.5 Å². The van der Waals surface area contributed by atoms with Crippen LogP contribution in [0.25, 0.3) is 0 Å². The Hall–Kier alpha value is -2.34. The number of carboxylic acid groups (broad SMARTS) is 1. The van der Waals surface area contributed by atoms with Crippen molar-refractivity contribution in [1.82, 2.24) is 4.90 Å². The minimum atomic E-state index is -1.02. The number of hydrogen-bond acceptors (Lipinski definition) is 4. The minimum absolute atomic E-state index is 0.119. The maximum Gasteiger partial charge on any atom is 0.338 e. The molecule has 5 nitrogen and oxygen atoms in total. The molecule has 2 aromatic rings. The van der Waals surface area contributed by atoms with Gasteiger partial charge in [0, 0.05) is 6.54 Å².